The molecule has 2 aromatic carbocycles. The molecule has 5 heteroatoms. The average Bonchev–Trinajstić information content (AvgIpc) is 2.28. The summed E-state index contributed by atoms with van der Waals surface area (Å²) in [6, 6.07) is 13.2. The van der Waals surface area contributed by atoms with Gasteiger partial charge in [0.15, 0.2) is 0 Å². The van der Waals surface area contributed by atoms with Crippen molar-refractivity contribution in [2.75, 3.05) is 4.90 Å². The molecular formula is C13H10Cl2N2O. The van der Waals surface area contributed by atoms with Crippen molar-refractivity contribution < 1.29 is 4.79 Å². The van der Waals surface area contributed by atoms with E-state index in [1.165, 1.54) is 4.90 Å². The Bertz CT molecular complexity index is 541. The summed E-state index contributed by atoms with van der Waals surface area (Å²) in [5, 5.41) is 1.06. The predicted molar refractivity (Wildman–Crippen MR) is 74.6 cm³/mol. The van der Waals surface area contributed by atoms with Crippen molar-refractivity contribution in [2.45, 2.75) is 0 Å². The lowest BCUT2D eigenvalue weighted by Crippen LogP contribution is -2.31. The molecule has 0 saturated heterocycles. The molecule has 2 rings (SSSR count). The van der Waals surface area contributed by atoms with Gasteiger partial charge in [-0.1, -0.05) is 35.3 Å². The Morgan fingerprint density at radius 1 is 0.944 bits per heavy atom. The minimum Gasteiger partial charge on any atom is -0.351 e. The van der Waals surface area contributed by atoms with E-state index in [-0.39, 0.29) is 0 Å². The van der Waals surface area contributed by atoms with Crippen LogP contribution < -0.4 is 10.6 Å². The number of halogens is 2. The van der Waals surface area contributed by atoms with Crippen LogP contribution >= 0.6 is 23.2 Å². The number of urea groups is 1. The molecule has 0 saturated carbocycles. The quantitative estimate of drug-likeness (QED) is 0.880. The SMILES string of the molecule is NC(=O)N(c1cccc(Cl)c1)c1cccc(Cl)c1. The largest absolute Gasteiger partial charge is 0.351 e. The third-order valence-corrected chi connectivity index (χ3v) is 2.82. The van der Waals surface area contributed by atoms with Gasteiger partial charge < -0.3 is 5.73 Å². The van der Waals surface area contributed by atoms with Gasteiger partial charge in [-0.25, -0.2) is 4.79 Å². The van der Waals surface area contributed by atoms with Crippen LogP contribution in [0.1, 0.15) is 0 Å². The number of carbonyl (C=O) groups excluding carboxylic acids is 1. The van der Waals surface area contributed by atoms with E-state index in [4.69, 9.17) is 28.9 Å². The fourth-order valence-electron chi connectivity index (χ4n) is 1.63. The fraction of sp³-hybridized carbons (Fsp3) is 0. The van der Waals surface area contributed by atoms with Crippen LogP contribution in [0, 0.1) is 0 Å². The zero-order chi connectivity index (χ0) is 13.1. The highest BCUT2D eigenvalue weighted by Gasteiger charge is 2.15. The van der Waals surface area contributed by atoms with E-state index < -0.39 is 6.03 Å². The molecule has 0 bridgehead atoms. The van der Waals surface area contributed by atoms with Crippen molar-refractivity contribution in [2.24, 2.45) is 5.73 Å². The summed E-state index contributed by atoms with van der Waals surface area (Å²) in [6.07, 6.45) is 0. The minimum atomic E-state index is -0.598. The number of hydrogen-bond donors (Lipinski definition) is 1. The standard InChI is InChI=1S/C13H10Cl2N2O/c14-9-3-1-5-11(7-9)17(13(16)18)12-6-2-4-10(15)8-12/h1-8H,(H2,16,18). The molecule has 2 amide bonds. The molecule has 2 N–H and O–H groups in total. The molecule has 18 heavy (non-hydrogen) atoms. The van der Waals surface area contributed by atoms with E-state index in [2.05, 4.69) is 0 Å². The third-order valence-electron chi connectivity index (χ3n) is 2.35. The normalized spacial score (nSPS) is 10.1. The van der Waals surface area contributed by atoms with Crippen LogP contribution in [-0.4, -0.2) is 6.03 Å². The molecule has 92 valence electrons. The van der Waals surface area contributed by atoms with Gasteiger partial charge in [0, 0.05) is 10.0 Å². The van der Waals surface area contributed by atoms with Crippen molar-refractivity contribution in [3.8, 4) is 0 Å². The van der Waals surface area contributed by atoms with Crippen LogP contribution in [-0.2, 0) is 0 Å². The van der Waals surface area contributed by atoms with Gasteiger partial charge in [0.25, 0.3) is 0 Å². The van der Waals surface area contributed by atoms with Crippen molar-refractivity contribution in [3.63, 3.8) is 0 Å². The lowest BCUT2D eigenvalue weighted by Gasteiger charge is -2.21. The maximum absolute atomic E-state index is 11.6. The Hall–Kier alpha value is -1.71. The Morgan fingerprint density at radius 2 is 1.39 bits per heavy atom. The van der Waals surface area contributed by atoms with Crippen molar-refractivity contribution in [1.82, 2.24) is 0 Å². The number of carbonyl (C=O) groups is 1. The highest BCUT2D eigenvalue weighted by Crippen LogP contribution is 2.28. The number of benzene rings is 2. The van der Waals surface area contributed by atoms with Crippen molar-refractivity contribution in [3.05, 3.63) is 58.6 Å². The number of rotatable bonds is 2. The molecule has 0 aromatic heterocycles. The van der Waals surface area contributed by atoms with Gasteiger partial charge in [0.05, 0.1) is 11.4 Å². The maximum Gasteiger partial charge on any atom is 0.323 e. The van der Waals surface area contributed by atoms with Gasteiger partial charge in [-0.3, -0.25) is 4.90 Å². The molecule has 0 heterocycles. The molecule has 0 aliphatic heterocycles. The summed E-state index contributed by atoms with van der Waals surface area (Å²) in [5.74, 6) is 0. The van der Waals surface area contributed by atoms with Crippen molar-refractivity contribution in [1.29, 1.82) is 0 Å². The van der Waals surface area contributed by atoms with E-state index in [1.54, 1.807) is 48.5 Å². The Balaban J connectivity index is 2.50. The minimum absolute atomic E-state index is 0.528. The number of anilines is 2. The van der Waals surface area contributed by atoms with Crippen LogP contribution in [0.15, 0.2) is 48.5 Å². The lowest BCUT2D eigenvalue weighted by atomic mass is 10.2. The lowest BCUT2D eigenvalue weighted by molar-refractivity contribution is 0.256. The molecule has 0 atom stereocenters. The number of hydrogen-bond acceptors (Lipinski definition) is 1. The van der Waals surface area contributed by atoms with Crippen LogP contribution in [0.4, 0.5) is 16.2 Å². The van der Waals surface area contributed by atoms with Crippen molar-refractivity contribution >= 4 is 40.6 Å². The molecule has 0 aliphatic carbocycles. The predicted octanol–water partition coefficient (Wildman–Crippen LogP) is 4.21. The number of amides is 2. The van der Waals surface area contributed by atoms with E-state index in [1.807, 2.05) is 0 Å². The summed E-state index contributed by atoms with van der Waals surface area (Å²) in [4.78, 5) is 12.9. The van der Waals surface area contributed by atoms with Gasteiger partial charge in [0.2, 0.25) is 0 Å². The van der Waals surface area contributed by atoms with Gasteiger partial charge in [-0.2, -0.15) is 0 Å². The Labute approximate surface area is 115 Å². The molecule has 0 radical (unpaired) electrons. The summed E-state index contributed by atoms with van der Waals surface area (Å²) >= 11 is 11.8. The van der Waals surface area contributed by atoms with E-state index >= 15 is 0 Å². The van der Waals surface area contributed by atoms with Crippen LogP contribution in [0.2, 0.25) is 10.0 Å². The molecular weight excluding hydrogens is 271 g/mol. The summed E-state index contributed by atoms with van der Waals surface area (Å²) < 4.78 is 0. The number of nitrogens with zero attached hydrogens (tertiary/aromatic N) is 1. The van der Waals surface area contributed by atoms with E-state index in [9.17, 15) is 4.79 Å². The molecule has 0 spiro atoms. The zero-order valence-corrected chi connectivity index (χ0v) is 10.8. The van der Waals surface area contributed by atoms with Crippen LogP contribution in [0.5, 0.6) is 0 Å². The summed E-state index contributed by atoms with van der Waals surface area (Å²) in [6.45, 7) is 0. The van der Waals surface area contributed by atoms with Gasteiger partial charge in [0.1, 0.15) is 0 Å². The topological polar surface area (TPSA) is 46.3 Å². The van der Waals surface area contributed by atoms with E-state index in [0.717, 1.165) is 0 Å². The number of primary amides is 1. The summed E-state index contributed by atoms with van der Waals surface area (Å²) in [7, 11) is 0. The zero-order valence-electron chi connectivity index (χ0n) is 9.31. The number of nitrogens with two attached hydrogens (primary N) is 1. The second-order valence-corrected chi connectivity index (χ2v) is 4.51. The third kappa shape index (κ3) is 2.75. The van der Waals surface area contributed by atoms with Crippen LogP contribution in [0.3, 0.4) is 0 Å². The smallest absolute Gasteiger partial charge is 0.323 e. The van der Waals surface area contributed by atoms with Gasteiger partial charge >= 0.3 is 6.03 Å². The first kappa shape index (κ1) is 12.7. The fourth-order valence-corrected chi connectivity index (χ4v) is 2.00. The molecule has 0 fully saturated rings. The van der Waals surface area contributed by atoms with E-state index in [0.29, 0.717) is 21.4 Å². The molecule has 2 aromatic rings. The molecule has 0 unspecified atom stereocenters. The second kappa shape index (κ2) is 5.29. The highest BCUT2D eigenvalue weighted by atomic mass is 35.5. The second-order valence-electron chi connectivity index (χ2n) is 3.63. The maximum atomic E-state index is 11.6. The Kier molecular flexibility index (Phi) is 3.75. The summed E-state index contributed by atoms with van der Waals surface area (Å²) in [5.41, 5.74) is 6.59. The Morgan fingerprint density at radius 3 is 1.72 bits per heavy atom. The highest BCUT2D eigenvalue weighted by molar-refractivity contribution is 6.31. The average molecular weight is 281 g/mol. The monoisotopic (exact) mass is 280 g/mol. The first-order valence-electron chi connectivity index (χ1n) is 5.18. The molecule has 0 aliphatic rings. The van der Waals surface area contributed by atoms with Crippen LogP contribution in [0.25, 0.3) is 0 Å². The first-order chi connectivity index (χ1) is 8.58. The first-order valence-corrected chi connectivity index (χ1v) is 5.94. The van der Waals surface area contributed by atoms with Gasteiger partial charge in [-0.05, 0) is 36.4 Å². The molecule has 3 nitrogen and oxygen atoms in total. The van der Waals surface area contributed by atoms with Gasteiger partial charge in [-0.15, -0.1) is 0 Å².